The average molecular weight is 158 g/mol. The Morgan fingerprint density at radius 3 is 1.91 bits per heavy atom. The molecule has 0 bridgehead atoms. The molecule has 1 fully saturated rings. The van der Waals surface area contributed by atoms with Crippen molar-refractivity contribution in [3.63, 3.8) is 0 Å². The second-order valence-electron chi connectivity index (χ2n) is 4.04. The molecule has 11 heavy (non-hydrogen) atoms. The van der Waals surface area contributed by atoms with Gasteiger partial charge in [0.2, 0.25) is 0 Å². The number of epoxide rings is 1. The molecule has 1 rings (SSSR count). The summed E-state index contributed by atoms with van der Waals surface area (Å²) in [6, 6.07) is 0. The molecule has 1 aliphatic heterocycles. The van der Waals surface area contributed by atoms with E-state index in [1.807, 2.05) is 13.8 Å². The van der Waals surface area contributed by atoms with Crippen molar-refractivity contribution in [1.82, 2.24) is 0 Å². The maximum atomic E-state index is 9.56. The van der Waals surface area contributed by atoms with Crippen molar-refractivity contribution < 1.29 is 9.84 Å². The molecule has 0 amide bonds. The van der Waals surface area contributed by atoms with Gasteiger partial charge in [0.25, 0.3) is 0 Å². The van der Waals surface area contributed by atoms with Crippen LogP contribution in [0.5, 0.6) is 0 Å². The van der Waals surface area contributed by atoms with Gasteiger partial charge in [-0.15, -0.1) is 0 Å². The van der Waals surface area contributed by atoms with Crippen molar-refractivity contribution in [3.8, 4) is 0 Å². The van der Waals surface area contributed by atoms with Crippen LogP contribution < -0.4 is 0 Å². The Hall–Kier alpha value is -0.0800. The molecule has 1 heterocycles. The van der Waals surface area contributed by atoms with Crippen LogP contribution in [-0.4, -0.2) is 23.4 Å². The van der Waals surface area contributed by atoms with Crippen LogP contribution in [0.3, 0.4) is 0 Å². The highest BCUT2D eigenvalue weighted by atomic mass is 16.6. The fourth-order valence-electron chi connectivity index (χ4n) is 1.33. The van der Waals surface area contributed by atoms with Crippen LogP contribution in [0.25, 0.3) is 0 Å². The van der Waals surface area contributed by atoms with Gasteiger partial charge in [-0.25, -0.2) is 0 Å². The molecule has 0 aromatic rings. The molecule has 0 unspecified atom stereocenters. The fraction of sp³-hybridized carbons (Fsp3) is 1.00. The first-order chi connectivity index (χ1) is 5.04. The van der Waals surface area contributed by atoms with Gasteiger partial charge in [0.15, 0.2) is 0 Å². The van der Waals surface area contributed by atoms with Gasteiger partial charge >= 0.3 is 0 Å². The van der Waals surface area contributed by atoms with Gasteiger partial charge in [0.05, 0.1) is 12.2 Å². The summed E-state index contributed by atoms with van der Waals surface area (Å²) < 4.78 is 5.35. The van der Waals surface area contributed by atoms with Crippen LogP contribution in [0.1, 0.15) is 27.7 Å². The van der Waals surface area contributed by atoms with Crippen molar-refractivity contribution in [2.45, 2.75) is 46.0 Å². The molecule has 0 spiro atoms. The topological polar surface area (TPSA) is 32.8 Å². The SMILES string of the molecule is CC(C)[C@@H](O)[C@@H]1O[C@@H]1C(C)C. The molecule has 2 heteroatoms. The molecule has 0 aromatic heterocycles. The van der Waals surface area contributed by atoms with E-state index < -0.39 is 0 Å². The molecule has 1 N–H and O–H groups in total. The van der Waals surface area contributed by atoms with Crippen LogP contribution in [0.4, 0.5) is 0 Å². The normalized spacial score (nSPS) is 33.0. The lowest BCUT2D eigenvalue weighted by atomic mass is 9.98. The predicted octanol–water partition coefficient (Wildman–Crippen LogP) is 1.43. The highest BCUT2D eigenvalue weighted by molar-refractivity contribution is 4.93. The molecule has 66 valence electrons. The Morgan fingerprint density at radius 2 is 1.64 bits per heavy atom. The van der Waals surface area contributed by atoms with E-state index in [-0.39, 0.29) is 12.2 Å². The summed E-state index contributed by atoms with van der Waals surface area (Å²) in [6.45, 7) is 8.28. The molecule has 0 saturated carbocycles. The second-order valence-corrected chi connectivity index (χ2v) is 4.04. The van der Waals surface area contributed by atoms with E-state index in [0.29, 0.717) is 17.9 Å². The van der Waals surface area contributed by atoms with Crippen molar-refractivity contribution in [2.24, 2.45) is 11.8 Å². The third kappa shape index (κ3) is 1.94. The smallest absolute Gasteiger partial charge is 0.110 e. The third-order valence-electron chi connectivity index (χ3n) is 2.24. The Bertz CT molecular complexity index is 132. The molecular weight excluding hydrogens is 140 g/mol. The average Bonchev–Trinajstić information content (AvgIpc) is 2.63. The number of hydrogen-bond acceptors (Lipinski definition) is 2. The summed E-state index contributed by atoms with van der Waals surface area (Å²) >= 11 is 0. The maximum absolute atomic E-state index is 9.56. The summed E-state index contributed by atoms with van der Waals surface area (Å²) in [7, 11) is 0. The largest absolute Gasteiger partial charge is 0.390 e. The number of ether oxygens (including phenoxy) is 1. The van der Waals surface area contributed by atoms with Gasteiger partial charge in [-0.2, -0.15) is 0 Å². The summed E-state index contributed by atoms with van der Waals surface area (Å²) in [5, 5.41) is 9.56. The van der Waals surface area contributed by atoms with Crippen LogP contribution >= 0.6 is 0 Å². The van der Waals surface area contributed by atoms with Crippen LogP contribution in [0.2, 0.25) is 0 Å². The van der Waals surface area contributed by atoms with Gasteiger partial charge in [-0.3, -0.25) is 0 Å². The molecule has 0 aromatic carbocycles. The molecule has 1 aliphatic rings. The van der Waals surface area contributed by atoms with E-state index >= 15 is 0 Å². The lowest BCUT2D eigenvalue weighted by Gasteiger charge is -2.11. The number of hydrogen-bond donors (Lipinski definition) is 1. The summed E-state index contributed by atoms with van der Waals surface area (Å²) in [4.78, 5) is 0. The molecule has 2 nitrogen and oxygen atoms in total. The van der Waals surface area contributed by atoms with Crippen molar-refractivity contribution in [3.05, 3.63) is 0 Å². The minimum atomic E-state index is -0.276. The zero-order chi connectivity index (χ0) is 8.59. The number of aliphatic hydroxyl groups is 1. The summed E-state index contributed by atoms with van der Waals surface area (Å²) in [6.07, 6.45) is 0.129. The van der Waals surface area contributed by atoms with E-state index in [0.717, 1.165) is 0 Å². The first-order valence-electron chi connectivity index (χ1n) is 4.37. The highest BCUT2D eigenvalue weighted by Crippen LogP contribution is 2.33. The van der Waals surface area contributed by atoms with E-state index in [1.165, 1.54) is 0 Å². The fourth-order valence-corrected chi connectivity index (χ4v) is 1.33. The standard InChI is InChI=1S/C9H18O2/c1-5(2)7(10)9-8(11-9)6(3)4/h5-10H,1-4H3/t7-,8-,9+/m1/s1. The minimum absolute atomic E-state index is 0.106. The first kappa shape index (κ1) is 9.01. The first-order valence-corrected chi connectivity index (χ1v) is 4.37. The second kappa shape index (κ2) is 3.11. The number of aliphatic hydroxyl groups excluding tert-OH is 1. The van der Waals surface area contributed by atoms with E-state index in [2.05, 4.69) is 13.8 Å². The van der Waals surface area contributed by atoms with Gasteiger partial charge in [-0.05, 0) is 11.8 Å². The Labute approximate surface area is 68.6 Å². The van der Waals surface area contributed by atoms with Crippen molar-refractivity contribution in [1.29, 1.82) is 0 Å². The zero-order valence-electron chi connectivity index (χ0n) is 7.74. The lowest BCUT2D eigenvalue weighted by Crippen LogP contribution is -2.24. The van der Waals surface area contributed by atoms with Crippen LogP contribution in [0.15, 0.2) is 0 Å². The predicted molar refractivity (Wildman–Crippen MR) is 44.3 cm³/mol. The highest BCUT2D eigenvalue weighted by Gasteiger charge is 2.46. The van der Waals surface area contributed by atoms with Crippen molar-refractivity contribution >= 4 is 0 Å². The maximum Gasteiger partial charge on any atom is 0.110 e. The number of rotatable bonds is 3. The van der Waals surface area contributed by atoms with E-state index in [4.69, 9.17) is 4.74 Å². The van der Waals surface area contributed by atoms with Gasteiger partial charge in [0, 0.05) is 0 Å². The Balaban J connectivity index is 2.31. The quantitative estimate of drug-likeness (QED) is 0.630. The molecular formula is C9H18O2. The molecule has 0 radical (unpaired) electrons. The Kier molecular flexibility index (Phi) is 2.55. The third-order valence-corrected chi connectivity index (χ3v) is 2.24. The summed E-state index contributed by atoms with van der Waals surface area (Å²) in [5.41, 5.74) is 0. The molecule has 0 aliphatic carbocycles. The molecule has 3 atom stereocenters. The van der Waals surface area contributed by atoms with Crippen LogP contribution in [-0.2, 0) is 4.74 Å². The van der Waals surface area contributed by atoms with E-state index in [9.17, 15) is 5.11 Å². The minimum Gasteiger partial charge on any atom is -0.390 e. The molecule has 1 saturated heterocycles. The Morgan fingerprint density at radius 1 is 1.09 bits per heavy atom. The van der Waals surface area contributed by atoms with Crippen LogP contribution in [0, 0.1) is 11.8 Å². The van der Waals surface area contributed by atoms with Crippen molar-refractivity contribution in [2.75, 3.05) is 0 Å². The zero-order valence-corrected chi connectivity index (χ0v) is 7.74. The van der Waals surface area contributed by atoms with Gasteiger partial charge in [0.1, 0.15) is 6.10 Å². The van der Waals surface area contributed by atoms with Gasteiger partial charge in [-0.1, -0.05) is 27.7 Å². The van der Waals surface area contributed by atoms with E-state index in [1.54, 1.807) is 0 Å². The lowest BCUT2D eigenvalue weighted by molar-refractivity contribution is 0.0922. The monoisotopic (exact) mass is 158 g/mol. The van der Waals surface area contributed by atoms with Gasteiger partial charge < -0.3 is 9.84 Å². The summed E-state index contributed by atoms with van der Waals surface area (Å²) in [5.74, 6) is 0.845.